The van der Waals surface area contributed by atoms with Crippen LogP contribution in [0.25, 0.3) is 0 Å². The zero-order chi connectivity index (χ0) is 12.1. The fraction of sp³-hybridized carbons (Fsp3) is 0.538. The molecule has 1 aromatic carbocycles. The minimum atomic E-state index is -0.407. The van der Waals surface area contributed by atoms with Crippen molar-refractivity contribution in [3.05, 3.63) is 29.6 Å². The summed E-state index contributed by atoms with van der Waals surface area (Å²) in [5, 5.41) is 12.5. The Morgan fingerprint density at radius 1 is 1.35 bits per heavy atom. The predicted molar refractivity (Wildman–Crippen MR) is 63.4 cm³/mol. The van der Waals surface area contributed by atoms with E-state index in [4.69, 9.17) is 4.74 Å². The van der Waals surface area contributed by atoms with Gasteiger partial charge < -0.3 is 15.2 Å². The zero-order valence-corrected chi connectivity index (χ0v) is 9.79. The van der Waals surface area contributed by atoms with Crippen LogP contribution in [0.4, 0.5) is 4.39 Å². The van der Waals surface area contributed by atoms with Gasteiger partial charge in [0.25, 0.3) is 0 Å². The van der Waals surface area contributed by atoms with Crippen LogP contribution in [0.3, 0.4) is 0 Å². The molecule has 1 aromatic rings. The van der Waals surface area contributed by atoms with Crippen molar-refractivity contribution < 1.29 is 14.2 Å². The van der Waals surface area contributed by atoms with Gasteiger partial charge in [0.15, 0.2) is 0 Å². The van der Waals surface area contributed by atoms with Crippen molar-refractivity contribution in [3.63, 3.8) is 0 Å². The summed E-state index contributed by atoms with van der Waals surface area (Å²) in [6.45, 7) is 2.16. The van der Waals surface area contributed by atoms with E-state index in [1.807, 2.05) is 0 Å². The van der Waals surface area contributed by atoms with E-state index in [9.17, 15) is 9.50 Å². The normalized spacial score (nSPS) is 20.4. The van der Waals surface area contributed by atoms with Crippen LogP contribution in [0.5, 0.6) is 5.75 Å². The first-order valence-electron chi connectivity index (χ1n) is 6.05. The minimum Gasteiger partial charge on any atom is -0.508 e. The summed E-state index contributed by atoms with van der Waals surface area (Å²) in [7, 11) is 0. The van der Waals surface area contributed by atoms with Gasteiger partial charge in [0.2, 0.25) is 0 Å². The molecule has 2 rings (SSSR count). The molecule has 0 amide bonds. The van der Waals surface area contributed by atoms with E-state index >= 15 is 0 Å². The molecule has 94 valence electrons. The molecule has 0 radical (unpaired) electrons. The molecule has 0 aliphatic carbocycles. The van der Waals surface area contributed by atoms with Crippen molar-refractivity contribution in [1.82, 2.24) is 5.32 Å². The molecule has 1 aliphatic rings. The molecule has 1 fully saturated rings. The SMILES string of the molecule is Oc1cc(F)cc(CNCC2CCCCO2)c1. The Labute approximate surface area is 101 Å². The summed E-state index contributed by atoms with van der Waals surface area (Å²) in [6, 6.07) is 4.10. The quantitative estimate of drug-likeness (QED) is 0.846. The summed E-state index contributed by atoms with van der Waals surface area (Å²) in [6.07, 6.45) is 3.72. The predicted octanol–water partition coefficient (Wildman–Crippen LogP) is 2.19. The fourth-order valence-electron chi connectivity index (χ4n) is 2.08. The summed E-state index contributed by atoms with van der Waals surface area (Å²) in [4.78, 5) is 0. The van der Waals surface area contributed by atoms with Crippen LogP contribution >= 0.6 is 0 Å². The van der Waals surface area contributed by atoms with Crippen LogP contribution in [0.2, 0.25) is 0 Å². The van der Waals surface area contributed by atoms with Crippen molar-refractivity contribution in [2.24, 2.45) is 0 Å². The molecule has 0 saturated carbocycles. The number of phenolic OH excluding ortho intramolecular Hbond substituents is 1. The van der Waals surface area contributed by atoms with Gasteiger partial charge in [0.1, 0.15) is 11.6 Å². The number of benzene rings is 1. The van der Waals surface area contributed by atoms with Crippen LogP contribution in [0.15, 0.2) is 18.2 Å². The van der Waals surface area contributed by atoms with Gasteiger partial charge in [-0.05, 0) is 37.0 Å². The molecule has 1 saturated heterocycles. The number of hydrogen-bond acceptors (Lipinski definition) is 3. The Bertz CT molecular complexity index is 344. The van der Waals surface area contributed by atoms with E-state index < -0.39 is 5.82 Å². The first-order chi connectivity index (χ1) is 8.24. The summed E-state index contributed by atoms with van der Waals surface area (Å²) in [5.41, 5.74) is 0.748. The van der Waals surface area contributed by atoms with Gasteiger partial charge in [-0.1, -0.05) is 0 Å². The molecule has 0 spiro atoms. The molecule has 0 bridgehead atoms. The Balaban J connectivity index is 1.77. The van der Waals surface area contributed by atoms with Crippen LogP contribution in [-0.2, 0) is 11.3 Å². The Hall–Kier alpha value is -1.13. The highest BCUT2D eigenvalue weighted by Gasteiger charge is 2.12. The third-order valence-electron chi connectivity index (χ3n) is 2.92. The van der Waals surface area contributed by atoms with Gasteiger partial charge in [-0.3, -0.25) is 0 Å². The minimum absolute atomic E-state index is 0.0317. The second-order valence-corrected chi connectivity index (χ2v) is 4.44. The van der Waals surface area contributed by atoms with Crippen molar-refractivity contribution in [2.45, 2.75) is 31.9 Å². The highest BCUT2D eigenvalue weighted by molar-refractivity contribution is 5.28. The van der Waals surface area contributed by atoms with E-state index in [2.05, 4.69) is 5.32 Å². The second kappa shape index (κ2) is 5.98. The van der Waals surface area contributed by atoms with Crippen LogP contribution in [0.1, 0.15) is 24.8 Å². The standard InChI is InChI=1S/C13H18FNO2/c14-11-5-10(6-12(16)7-11)8-15-9-13-3-1-2-4-17-13/h5-7,13,15-16H,1-4,8-9H2. The Morgan fingerprint density at radius 3 is 2.94 bits per heavy atom. The number of rotatable bonds is 4. The highest BCUT2D eigenvalue weighted by Crippen LogP contribution is 2.15. The Morgan fingerprint density at radius 2 is 2.24 bits per heavy atom. The molecule has 1 unspecified atom stereocenters. The smallest absolute Gasteiger partial charge is 0.127 e. The third kappa shape index (κ3) is 3.98. The molecule has 1 atom stereocenters. The molecule has 2 N–H and O–H groups in total. The van der Waals surface area contributed by atoms with Crippen molar-refractivity contribution >= 4 is 0 Å². The van der Waals surface area contributed by atoms with Crippen molar-refractivity contribution in [3.8, 4) is 5.75 Å². The first-order valence-corrected chi connectivity index (χ1v) is 6.05. The first kappa shape index (κ1) is 12.3. The van der Waals surface area contributed by atoms with Gasteiger partial charge in [0.05, 0.1) is 6.10 Å². The molecule has 3 nitrogen and oxygen atoms in total. The van der Waals surface area contributed by atoms with Gasteiger partial charge in [0, 0.05) is 25.8 Å². The van der Waals surface area contributed by atoms with Gasteiger partial charge in [-0.2, -0.15) is 0 Å². The summed E-state index contributed by atoms with van der Waals surface area (Å²) in [5.74, 6) is -0.438. The second-order valence-electron chi connectivity index (χ2n) is 4.44. The van der Waals surface area contributed by atoms with Gasteiger partial charge in [-0.15, -0.1) is 0 Å². The molecule has 1 aliphatic heterocycles. The maximum absolute atomic E-state index is 13.0. The monoisotopic (exact) mass is 239 g/mol. The van der Waals surface area contributed by atoms with E-state index in [-0.39, 0.29) is 11.9 Å². The van der Waals surface area contributed by atoms with Gasteiger partial charge >= 0.3 is 0 Å². The van der Waals surface area contributed by atoms with Gasteiger partial charge in [-0.25, -0.2) is 4.39 Å². The number of ether oxygens (including phenoxy) is 1. The van der Waals surface area contributed by atoms with Crippen LogP contribution in [-0.4, -0.2) is 24.4 Å². The van der Waals surface area contributed by atoms with Crippen LogP contribution in [0, 0.1) is 5.82 Å². The van der Waals surface area contributed by atoms with Crippen LogP contribution < -0.4 is 5.32 Å². The lowest BCUT2D eigenvalue weighted by molar-refractivity contribution is 0.0168. The zero-order valence-electron chi connectivity index (χ0n) is 9.79. The maximum Gasteiger partial charge on any atom is 0.127 e. The van der Waals surface area contributed by atoms with E-state index in [0.29, 0.717) is 6.54 Å². The molecule has 1 heterocycles. The van der Waals surface area contributed by atoms with E-state index in [1.165, 1.54) is 12.5 Å². The average molecular weight is 239 g/mol. The molecular formula is C13H18FNO2. The Kier molecular flexibility index (Phi) is 4.34. The summed E-state index contributed by atoms with van der Waals surface area (Å²) < 4.78 is 18.6. The van der Waals surface area contributed by atoms with Crippen molar-refractivity contribution in [2.75, 3.05) is 13.2 Å². The number of aromatic hydroxyl groups is 1. The van der Waals surface area contributed by atoms with E-state index in [1.54, 1.807) is 6.07 Å². The van der Waals surface area contributed by atoms with Crippen molar-refractivity contribution in [1.29, 1.82) is 0 Å². The lowest BCUT2D eigenvalue weighted by Gasteiger charge is -2.22. The number of halogens is 1. The number of phenols is 1. The summed E-state index contributed by atoms with van der Waals surface area (Å²) >= 11 is 0. The lowest BCUT2D eigenvalue weighted by atomic mass is 10.1. The highest BCUT2D eigenvalue weighted by atomic mass is 19.1. The third-order valence-corrected chi connectivity index (χ3v) is 2.92. The fourth-order valence-corrected chi connectivity index (χ4v) is 2.08. The number of hydrogen-bond donors (Lipinski definition) is 2. The molecule has 17 heavy (non-hydrogen) atoms. The number of nitrogens with one attached hydrogen (secondary N) is 1. The van der Waals surface area contributed by atoms with E-state index in [0.717, 1.165) is 37.6 Å². The molecular weight excluding hydrogens is 221 g/mol. The molecule has 0 aromatic heterocycles. The topological polar surface area (TPSA) is 41.5 Å². The lowest BCUT2D eigenvalue weighted by Crippen LogP contribution is -2.31. The average Bonchev–Trinajstić information content (AvgIpc) is 2.29. The maximum atomic E-state index is 13.0. The molecule has 4 heteroatoms. The largest absolute Gasteiger partial charge is 0.508 e.